The fraction of sp³-hybridized carbons (Fsp3) is 0.368. The molecule has 1 fully saturated rings. The van der Waals surface area contributed by atoms with E-state index in [4.69, 9.17) is 0 Å². The van der Waals surface area contributed by atoms with Gasteiger partial charge in [-0.15, -0.1) is 0 Å². The molecule has 0 N–H and O–H groups in total. The van der Waals surface area contributed by atoms with Crippen LogP contribution in [0.5, 0.6) is 0 Å². The molecule has 0 bridgehead atoms. The minimum absolute atomic E-state index is 0.203. The molecule has 5 nitrogen and oxygen atoms in total. The summed E-state index contributed by atoms with van der Waals surface area (Å²) in [6.45, 7) is 4.44. The number of carbonyl (C=O) groups excluding carboxylic acids is 1. The molecule has 0 radical (unpaired) electrons. The molecule has 0 spiro atoms. The predicted molar refractivity (Wildman–Crippen MR) is 95.8 cm³/mol. The quantitative estimate of drug-likeness (QED) is 0.842. The van der Waals surface area contributed by atoms with Crippen molar-refractivity contribution in [2.45, 2.75) is 6.54 Å². The number of aromatic nitrogens is 1. The smallest absolute Gasteiger partial charge is 0.236 e. The van der Waals surface area contributed by atoms with Crippen LogP contribution in [0.3, 0.4) is 0 Å². The Hall–Kier alpha value is -2.40. The Kier molecular flexibility index (Phi) is 5.43. The first kappa shape index (κ1) is 16.5. The molecule has 5 heteroatoms. The second-order valence-electron chi connectivity index (χ2n) is 6.21. The highest BCUT2D eigenvalue weighted by atomic mass is 16.2. The van der Waals surface area contributed by atoms with Crippen LogP contribution in [-0.2, 0) is 11.3 Å². The normalized spacial score (nSPS) is 14.9. The molecule has 0 aliphatic carbocycles. The maximum Gasteiger partial charge on any atom is 0.236 e. The van der Waals surface area contributed by atoms with Crippen molar-refractivity contribution in [3.05, 3.63) is 60.3 Å². The molecular weight excluding hydrogens is 300 g/mol. The molecule has 1 aromatic heterocycles. The lowest BCUT2D eigenvalue weighted by molar-refractivity contribution is -0.132. The Labute approximate surface area is 143 Å². The SMILES string of the molecule is CN(CC(=O)N1CCN(c2ccccn2)CC1)Cc1ccccc1. The van der Waals surface area contributed by atoms with E-state index in [0.29, 0.717) is 6.54 Å². The van der Waals surface area contributed by atoms with E-state index in [2.05, 4.69) is 26.9 Å². The molecule has 1 amide bonds. The maximum atomic E-state index is 12.5. The van der Waals surface area contributed by atoms with E-state index in [9.17, 15) is 4.79 Å². The van der Waals surface area contributed by atoms with Gasteiger partial charge in [0.15, 0.2) is 0 Å². The van der Waals surface area contributed by atoms with Crippen molar-refractivity contribution in [2.24, 2.45) is 0 Å². The van der Waals surface area contributed by atoms with Crippen LogP contribution in [0.1, 0.15) is 5.56 Å². The summed E-state index contributed by atoms with van der Waals surface area (Å²) in [6, 6.07) is 16.2. The van der Waals surface area contributed by atoms with E-state index in [1.807, 2.05) is 54.5 Å². The molecule has 3 rings (SSSR count). The Morgan fingerprint density at radius 2 is 1.75 bits per heavy atom. The molecule has 24 heavy (non-hydrogen) atoms. The highest BCUT2D eigenvalue weighted by Crippen LogP contribution is 2.13. The van der Waals surface area contributed by atoms with E-state index in [-0.39, 0.29) is 5.91 Å². The molecule has 0 saturated carbocycles. The zero-order valence-electron chi connectivity index (χ0n) is 14.1. The van der Waals surface area contributed by atoms with Crippen LogP contribution in [0.4, 0.5) is 5.82 Å². The average Bonchev–Trinajstić information content (AvgIpc) is 2.63. The van der Waals surface area contributed by atoms with Gasteiger partial charge in [0.05, 0.1) is 6.54 Å². The minimum Gasteiger partial charge on any atom is -0.353 e. The first-order chi connectivity index (χ1) is 11.7. The zero-order chi connectivity index (χ0) is 16.8. The van der Waals surface area contributed by atoms with Crippen molar-refractivity contribution in [3.8, 4) is 0 Å². The lowest BCUT2D eigenvalue weighted by atomic mass is 10.2. The van der Waals surface area contributed by atoms with Crippen LogP contribution in [0.25, 0.3) is 0 Å². The molecule has 2 aromatic rings. The number of benzene rings is 1. The second-order valence-corrected chi connectivity index (χ2v) is 6.21. The Bertz CT molecular complexity index is 639. The fourth-order valence-corrected chi connectivity index (χ4v) is 3.01. The lowest BCUT2D eigenvalue weighted by Gasteiger charge is -2.36. The van der Waals surface area contributed by atoms with Crippen molar-refractivity contribution in [1.29, 1.82) is 0 Å². The lowest BCUT2D eigenvalue weighted by Crippen LogP contribution is -2.51. The summed E-state index contributed by atoms with van der Waals surface area (Å²) in [5.41, 5.74) is 1.23. The van der Waals surface area contributed by atoms with Crippen LogP contribution in [0, 0.1) is 0 Å². The van der Waals surface area contributed by atoms with Gasteiger partial charge in [0.2, 0.25) is 5.91 Å². The first-order valence-electron chi connectivity index (χ1n) is 8.38. The van der Waals surface area contributed by atoms with Gasteiger partial charge in [0.1, 0.15) is 5.82 Å². The summed E-state index contributed by atoms with van der Waals surface area (Å²) in [4.78, 5) is 23.1. The first-order valence-corrected chi connectivity index (χ1v) is 8.38. The standard InChI is InChI=1S/C19H24N4O/c1-21(15-17-7-3-2-4-8-17)16-19(24)23-13-11-22(12-14-23)18-9-5-6-10-20-18/h2-10H,11-16H2,1H3. The summed E-state index contributed by atoms with van der Waals surface area (Å²) < 4.78 is 0. The molecule has 1 saturated heterocycles. The maximum absolute atomic E-state index is 12.5. The molecule has 1 aliphatic heterocycles. The third-order valence-electron chi connectivity index (χ3n) is 4.31. The molecule has 1 aliphatic rings. The van der Waals surface area contributed by atoms with Gasteiger partial charge in [0.25, 0.3) is 0 Å². The summed E-state index contributed by atoms with van der Waals surface area (Å²) in [7, 11) is 2.00. The van der Waals surface area contributed by atoms with E-state index in [1.54, 1.807) is 0 Å². The number of amides is 1. The number of carbonyl (C=O) groups is 1. The number of pyridine rings is 1. The number of hydrogen-bond acceptors (Lipinski definition) is 4. The molecule has 126 valence electrons. The summed E-state index contributed by atoms with van der Waals surface area (Å²) in [6.07, 6.45) is 1.81. The van der Waals surface area contributed by atoms with Gasteiger partial charge < -0.3 is 9.80 Å². The van der Waals surface area contributed by atoms with Gasteiger partial charge in [0, 0.05) is 38.9 Å². The van der Waals surface area contributed by atoms with Crippen molar-refractivity contribution in [3.63, 3.8) is 0 Å². The summed E-state index contributed by atoms with van der Waals surface area (Å²) in [5.74, 6) is 1.19. The highest BCUT2D eigenvalue weighted by Gasteiger charge is 2.22. The Balaban J connectivity index is 1.47. The van der Waals surface area contributed by atoms with Crippen LogP contribution < -0.4 is 4.90 Å². The van der Waals surface area contributed by atoms with Crippen molar-refractivity contribution in [2.75, 3.05) is 44.7 Å². The van der Waals surface area contributed by atoms with Crippen molar-refractivity contribution < 1.29 is 4.79 Å². The third-order valence-corrected chi connectivity index (χ3v) is 4.31. The van der Waals surface area contributed by atoms with Crippen molar-refractivity contribution >= 4 is 11.7 Å². The molecule has 0 unspecified atom stereocenters. The van der Waals surface area contributed by atoms with Crippen LogP contribution in [-0.4, -0.2) is 60.5 Å². The van der Waals surface area contributed by atoms with E-state index < -0.39 is 0 Å². The van der Waals surface area contributed by atoms with Gasteiger partial charge in [-0.05, 0) is 24.7 Å². The molecular formula is C19H24N4O. The van der Waals surface area contributed by atoms with E-state index in [1.165, 1.54) is 5.56 Å². The number of likely N-dealkylation sites (N-methyl/N-ethyl adjacent to an activating group) is 1. The molecule has 0 atom stereocenters. The number of piperazine rings is 1. The van der Waals surface area contributed by atoms with Gasteiger partial charge in [-0.2, -0.15) is 0 Å². The number of hydrogen-bond donors (Lipinski definition) is 0. The molecule has 1 aromatic carbocycles. The van der Waals surface area contributed by atoms with Crippen LogP contribution in [0.15, 0.2) is 54.7 Å². The third kappa shape index (κ3) is 4.32. The minimum atomic E-state index is 0.203. The fourth-order valence-electron chi connectivity index (χ4n) is 3.01. The largest absolute Gasteiger partial charge is 0.353 e. The predicted octanol–water partition coefficient (Wildman–Crippen LogP) is 1.86. The number of nitrogens with zero attached hydrogens (tertiary/aromatic N) is 4. The van der Waals surface area contributed by atoms with Gasteiger partial charge in [-0.1, -0.05) is 36.4 Å². The van der Waals surface area contributed by atoms with E-state index in [0.717, 1.165) is 38.5 Å². The topological polar surface area (TPSA) is 39.7 Å². The second kappa shape index (κ2) is 7.93. The summed E-state index contributed by atoms with van der Waals surface area (Å²) >= 11 is 0. The van der Waals surface area contributed by atoms with Crippen LogP contribution >= 0.6 is 0 Å². The Morgan fingerprint density at radius 1 is 1.04 bits per heavy atom. The Morgan fingerprint density at radius 3 is 2.42 bits per heavy atom. The average molecular weight is 324 g/mol. The van der Waals surface area contributed by atoms with Crippen LogP contribution in [0.2, 0.25) is 0 Å². The molecule has 2 heterocycles. The van der Waals surface area contributed by atoms with Gasteiger partial charge in [-0.25, -0.2) is 4.98 Å². The monoisotopic (exact) mass is 324 g/mol. The van der Waals surface area contributed by atoms with Gasteiger partial charge in [-0.3, -0.25) is 9.69 Å². The number of rotatable bonds is 5. The summed E-state index contributed by atoms with van der Waals surface area (Å²) in [5, 5.41) is 0. The number of anilines is 1. The van der Waals surface area contributed by atoms with Gasteiger partial charge >= 0.3 is 0 Å². The van der Waals surface area contributed by atoms with Crippen molar-refractivity contribution in [1.82, 2.24) is 14.8 Å². The van der Waals surface area contributed by atoms with E-state index >= 15 is 0 Å². The zero-order valence-corrected chi connectivity index (χ0v) is 14.1. The highest BCUT2D eigenvalue weighted by molar-refractivity contribution is 5.78.